The summed E-state index contributed by atoms with van der Waals surface area (Å²) < 4.78 is 50.0. The number of hydrogen-bond acceptors (Lipinski definition) is 7. The third-order valence-electron chi connectivity index (χ3n) is 6.01. The van der Waals surface area contributed by atoms with Crippen molar-refractivity contribution < 1.29 is 27.1 Å². The third-order valence-corrected chi connectivity index (χ3v) is 7.17. The van der Waals surface area contributed by atoms with E-state index < -0.39 is 11.7 Å². The van der Waals surface area contributed by atoms with E-state index in [0.29, 0.717) is 31.3 Å². The van der Waals surface area contributed by atoms with Gasteiger partial charge in [0.1, 0.15) is 0 Å². The molecule has 2 heterocycles. The van der Waals surface area contributed by atoms with Crippen LogP contribution >= 0.6 is 11.8 Å². The van der Waals surface area contributed by atoms with Crippen molar-refractivity contribution in [1.29, 1.82) is 0 Å². The van der Waals surface area contributed by atoms with E-state index in [1.807, 2.05) is 5.41 Å². The minimum atomic E-state index is -4.43. The van der Waals surface area contributed by atoms with E-state index in [2.05, 4.69) is 35.4 Å². The van der Waals surface area contributed by atoms with Crippen LogP contribution in [0.15, 0.2) is 40.2 Å². The Morgan fingerprint density at radius 3 is 2.83 bits per heavy atom. The first-order valence-electron chi connectivity index (χ1n) is 12.1. The molecule has 1 aliphatic heterocycles. The van der Waals surface area contributed by atoms with Gasteiger partial charge < -0.3 is 14.5 Å². The lowest BCUT2D eigenvalue weighted by molar-refractivity contribution is -0.145. The largest absolute Gasteiger partial charge is 0.465 e. The lowest BCUT2D eigenvalue weighted by atomic mass is 9.98. The van der Waals surface area contributed by atoms with Crippen molar-refractivity contribution in [2.45, 2.75) is 70.2 Å². The Bertz CT molecular complexity index is 980. The molecule has 3 rings (SSSR count). The number of unbranched alkanes of at least 4 members (excludes halogenated alkanes) is 1. The number of nitrogens with zero attached hydrogens (tertiary/aromatic N) is 2. The van der Waals surface area contributed by atoms with Crippen molar-refractivity contribution in [1.82, 2.24) is 10.2 Å². The van der Waals surface area contributed by atoms with Crippen LogP contribution in [0.2, 0.25) is 0 Å². The van der Waals surface area contributed by atoms with Gasteiger partial charge in [0, 0.05) is 12.1 Å². The number of anilines is 2. The molecule has 0 fully saturated rings. The summed E-state index contributed by atoms with van der Waals surface area (Å²) in [4.78, 5) is 12.2. The highest BCUT2D eigenvalue weighted by atomic mass is 32.2. The van der Waals surface area contributed by atoms with Gasteiger partial charge in [-0.3, -0.25) is 4.79 Å². The van der Waals surface area contributed by atoms with Crippen LogP contribution in [0, 0.1) is 11.8 Å². The van der Waals surface area contributed by atoms with Crippen molar-refractivity contribution in [3.8, 4) is 0 Å². The molecule has 0 saturated heterocycles. The number of rotatable bonds is 13. The van der Waals surface area contributed by atoms with E-state index in [1.54, 1.807) is 11.8 Å². The number of esters is 1. The van der Waals surface area contributed by atoms with Crippen LogP contribution < -0.4 is 5.32 Å². The van der Waals surface area contributed by atoms with Crippen LogP contribution in [-0.4, -0.2) is 22.8 Å². The number of ether oxygens (including phenoxy) is 1. The normalized spacial score (nSPS) is 18.5. The predicted molar refractivity (Wildman–Crippen MR) is 130 cm³/mol. The van der Waals surface area contributed by atoms with Gasteiger partial charge in [-0.1, -0.05) is 50.4 Å². The molecule has 3 atom stereocenters. The summed E-state index contributed by atoms with van der Waals surface area (Å²) in [5, 5.41) is 12.6. The van der Waals surface area contributed by atoms with Gasteiger partial charge in [0.2, 0.25) is 5.89 Å². The van der Waals surface area contributed by atoms with Gasteiger partial charge in [-0.15, -0.1) is 16.9 Å². The first-order valence-corrected chi connectivity index (χ1v) is 13.0. The van der Waals surface area contributed by atoms with Gasteiger partial charge in [-0.25, -0.2) is 0 Å². The highest BCUT2D eigenvalue weighted by Gasteiger charge is 2.31. The number of alkyl halides is 3. The third kappa shape index (κ3) is 8.30. The zero-order valence-electron chi connectivity index (χ0n) is 20.0. The van der Waals surface area contributed by atoms with Gasteiger partial charge >= 0.3 is 18.2 Å². The first-order chi connectivity index (χ1) is 16.8. The molecule has 192 valence electrons. The maximum atomic E-state index is 12.9. The fraction of sp³-hybridized carbons (Fsp3) is 0.560. The standard InChI is InChI=1S/C25H32F3N3O3S/c1-3-5-8-17(4-2)16-33-21(32)12-6-9-18-13-14-35-22(18)23-30-31-24(34-23)29-20-11-7-10-19(15-20)25(26,27)28/h7,10-11,13-15,17-18,22H,3-6,8-9,12,16H2,1-2H3,(H,29,31). The molecule has 3 unspecified atom stereocenters. The van der Waals surface area contributed by atoms with Crippen molar-refractivity contribution in [3.05, 3.63) is 47.2 Å². The number of thioether (sulfide) groups is 1. The molecule has 0 radical (unpaired) electrons. The molecule has 1 aromatic carbocycles. The van der Waals surface area contributed by atoms with Gasteiger partial charge in [0.15, 0.2) is 0 Å². The quantitative estimate of drug-likeness (QED) is 0.276. The van der Waals surface area contributed by atoms with E-state index >= 15 is 0 Å². The molecule has 0 amide bonds. The number of halogens is 3. The number of hydrogen-bond donors (Lipinski definition) is 1. The number of carbonyl (C=O) groups is 1. The van der Waals surface area contributed by atoms with Crippen LogP contribution in [0.4, 0.5) is 24.9 Å². The second-order valence-electron chi connectivity index (χ2n) is 8.69. The molecule has 0 aliphatic carbocycles. The highest BCUT2D eigenvalue weighted by Crippen LogP contribution is 2.45. The number of allylic oxidation sites excluding steroid dienone is 1. The Morgan fingerprint density at radius 1 is 1.26 bits per heavy atom. The van der Waals surface area contributed by atoms with Crippen LogP contribution in [0.5, 0.6) is 0 Å². The van der Waals surface area contributed by atoms with Crippen LogP contribution in [-0.2, 0) is 15.7 Å². The first kappa shape index (κ1) is 27.1. The van der Waals surface area contributed by atoms with Crippen molar-refractivity contribution in [2.75, 3.05) is 11.9 Å². The topological polar surface area (TPSA) is 77.2 Å². The SMILES string of the molecule is CCCCC(CC)COC(=O)CCCC1C=CSC1c1nnc(Nc2cccc(C(F)(F)F)c2)o1. The Labute approximate surface area is 208 Å². The van der Waals surface area contributed by atoms with E-state index in [1.165, 1.54) is 12.1 Å². The number of aromatic nitrogens is 2. The Morgan fingerprint density at radius 2 is 2.09 bits per heavy atom. The van der Waals surface area contributed by atoms with E-state index in [0.717, 1.165) is 44.2 Å². The molecule has 1 N–H and O–H groups in total. The molecule has 0 spiro atoms. The molecule has 6 nitrogen and oxygen atoms in total. The second-order valence-corrected chi connectivity index (χ2v) is 9.74. The van der Waals surface area contributed by atoms with Crippen LogP contribution in [0.3, 0.4) is 0 Å². The Hall–Kier alpha value is -2.49. The highest BCUT2D eigenvalue weighted by molar-refractivity contribution is 8.02. The van der Waals surface area contributed by atoms with Gasteiger partial charge in [0.05, 0.1) is 17.4 Å². The monoisotopic (exact) mass is 511 g/mol. The summed E-state index contributed by atoms with van der Waals surface area (Å²) in [6, 6.07) is 4.83. The molecule has 1 aliphatic rings. The maximum Gasteiger partial charge on any atom is 0.416 e. The molecular weight excluding hydrogens is 479 g/mol. The number of carbonyl (C=O) groups excluding carboxylic acids is 1. The van der Waals surface area contributed by atoms with Crippen molar-refractivity contribution in [2.24, 2.45) is 11.8 Å². The Balaban J connectivity index is 1.47. The summed E-state index contributed by atoms with van der Waals surface area (Å²) in [7, 11) is 0. The second kappa shape index (κ2) is 13.0. The summed E-state index contributed by atoms with van der Waals surface area (Å²) >= 11 is 1.54. The molecule has 10 heteroatoms. The molecule has 0 bridgehead atoms. The van der Waals surface area contributed by atoms with Crippen molar-refractivity contribution in [3.63, 3.8) is 0 Å². The maximum absolute atomic E-state index is 12.9. The molecule has 2 aromatic rings. The molecular formula is C25H32F3N3O3S. The molecule has 35 heavy (non-hydrogen) atoms. The van der Waals surface area contributed by atoms with E-state index in [-0.39, 0.29) is 28.8 Å². The van der Waals surface area contributed by atoms with E-state index in [4.69, 9.17) is 9.15 Å². The zero-order valence-corrected chi connectivity index (χ0v) is 20.8. The van der Waals surface area contributed by atoms with Crippen LogP contribution in [0.1, 0.15) is 75.5 Å². The average molecular weight is 512 g/mol. The summed E-state index contributed by atoms with van der Waals surface area (Å²) in [5.74, 6) is 0.761. The number of nitrogens with one attached hydrogen (secondary N) is 1. The fourth-order valence-electron chi connectivity index (χ4n) is 3.88. The predicted octanol–water partition coefficient (Wildman–Crippen LogP) is 7.68. The number of benzene rings is 1. The smallest absolute Gasteiger partial charge is 0.416 e. The summed E-state index contributed by atoms with van der Waals surface area (Å²) in [6.07, 6.45) is 3.80. The molecule has 1 aromatic heterocycles. The lowest BCUT2D eigenvalue weighted by Gasteiger charge is -2.16. The fourth-order valence-corrected chi connectivity index (χ4v) is 4.98. The zero-order chi connectivity index (χ0) is 25.3. The summed E-state index contributed by atoms with van der Waals surface area (Å²) in [6.45, 7) is 4.76. The Kier molecular flexibility index (Phi) is 10.1. The minimum absolute atomic E-state index is 0.0303. The van der Waals surface area contributed by atoms with Crippen LogP contribution in [0.25, 0.3) is 0 Å². The van der Waals surface area contributed by atoms with Crippen molar-refractivity contribution >= 4 is 29.4 Å². The molecule has 0 saturated carbocycles. The summed E-state index contributed by atoms with van der Waals surface area (Å²) in [5.41, 5.74) is -0.551. The lowest BCUT2D eigenvalue weighted by Crippen LogP contribution is -2.14. The van der Waals surface area contributed by atoms with Gasteiger partial charge in [-0.2, -0.15) is 13.2 Å². The average Bonchev–Trinajstić information content (AvgIpc) is 3.48. The minimum Gasteiger partial charge on any atom is -0.465 e. The van der Waals surface area contributed by atoms with E-state index in [9.17, 15) is 18.0 Å². The van der Waals surface area contributed by atoms with Gasteiger partial charge in [0.25, 0.3) is 0 Å². The van der Waals surface area contributed by atoms with Gasteiger partial charge in [-0.05, 0) is 54.7 Å².